The number of nitrogens with zero attached hydrogens (tertiary/aromatic N) is 1. The van der Waals surface area contributed by atoms with Crippen LogP contribution in [-0.4, -0.2) is 36.3 Å². The summed E-state index contributed by atoms with van der Waals surface area (Å²) in [6.07, 6.45) is 0.788. The number of hydrogen-bond acceptors (Lipinski definition) is 3. The highest BCUT2D eigenvalue weighted by molar-refractivity contribution is 6.01. The summed E-state index contributed by atoms with van der Waals surface area (Å²) in [4.78, 5) is 23.4. The van der Waals surface area contributed by atoms with E-state index in [4.69, 9.17) is 0 Å². The lowest BCUT2D eigenvalue weighted by Crippen LogP contribution is -2.35. The molecule has 0 spiro atoms. The molecule has 0 unspecified atom stereocenters. The summed E-state index contributed by atoms with van der Waals surface area (Å²) < 4.78 is 0. The number of carbonyl (C=O) groups is 2. The molecule has 1 N–H and O–H groups in total. The van der Waals surface area contributed by atoms with Gasteiger partial charge in [0.05, 0.1) is 0 Å². The molecule has 0 saturated carbocycles. The van der Waals surface area contributed by atoms with Crippen molar-refractivity contribution in [3.05, 3.63) is 0 Å². The Labute approximate surface area is 84.1 Å². The van der Waals surface area contributed by atoms with Gasteiger partial charge in [-0.05, 0) is 6.54 Å². The third kappa shape index (κ3) is 3.32. The van der Waals surface area contributed by atoms with Gasteiger partial charge in [0.2, 0.25) is 11.8 Å². The van der Waals surface area contributed by atoms with Crippen molar-refractivity contribution in [3.63, 3.8) is 0 Å². The van der Waals surface area contributed by atoms with Crippen molar-refractivity contribution < 1.29 is 9.59 Å². The zero-order valence-electron chi connectivity index (χ0n) is 7.71. The quantitative estimate of drug-likeness (QED) is 0.527. The van der Waals surface area contributed by atoms with E-state index in [2.05, 4.69) is 5.32 Å². The number of imide groups is 1. The van der Waals surface area contributed by atoms with E-state index in [1.165, 1.54) is 4.90 Å². The normalized spacial score (nSPS) is 16.2. The fourth-order valence-electron chi connectivity index (χ4n) is 1.24. The lowest BCUT2D eigenvalue weighted by Gasteiger charge is -2.12. The fourth-order valence-corrected chi connectivity index (χ4v) is 1.24. The highest BCUT2D eigenvalue weighted by atomic mass is 35.5. The Morgan fingerprint density at radius 2 is 1.85 bits per heavy atom. The summed E-state index contributed by atoms with van der Waals surface area (Å²) >= 11 is 0. The van der Waals surface area contributed by atoms with Gasteiger partial charge >= 0.3 is 0 Å². The van der Waals surface area contributed by atoms with Crippen molar-refractivity contribution in [1.29, 1.82) is 0 Å². The maximum absolute atomic E-state index is 11.1. The standard InChI is InChI=1S/C8H14N2O2.ClH/c1-2-9-5-6-10-7(11)3-4-8(10)12;/h9H,2-6H2,1H3;1H. The lowest BCUT2D eigenvalue weighted by molar-refractivity contribution is -0.138. The number of nitrogens with one attached hydrogen (secondary N) is 1. The molecule has 76 valence electrons. The van der Waals surface area contributed by atoms with Crippen LogP contribution in [0.1, 0.15) is 19.8 Å². The first-order chi connectivity index (χ1) is 5.75. The number of halogens is 1. The maximum atomic E-state index is 11.1. The number of rotatable bonds is 4. The Morgan fingerprint density at radius 3 is 2.31 bits per heavy atom. The van der Waals surface area contributed by atoms with Gasteiger partial charge in [0.15, 0.2) is 0 Å². The zero-order valence-corrected chi connectivity index (χ0v) is 8.52. The van der Waals surface area contributed by atoms with Gasteiger partial charge in [-0.2, -0.15) is 0 Å². The van der Waals surface area contributed by atoms with E-state index in [-0.39, 0.29) is 24.2 Å². The zero-order chi connectivity index (χ0) is 8.97. The van der Waals surface area contributed by atoms with Crippen molar-refractivity contribution in [2.24, 2.45) is 0 Å². The first-order valence-corrected chi connectivity index (χ1v) is 4.29. The molecule has 1 aliphatic rings. The Hall–Kier alpha value is -0.610. The summed E-state index contributed by atoms with van der Waals surface area (Å²) in [7, 11) is 0. The van der Waals surface area contributed by atoms with Crippen LogP contribution in [0.3, 0.4) is 0 Å². The van der Waals surface area contributed by atoms with Gasteiger partial charge in [-0.25, -0.2) is 0 Å². The van der Waals surface area contributed by atoms with Crippen LogP contribution in [0.5, 0.6) is 0 Å². The Morgan fingerprint density at radius 1 is 1.31 bits per heavy atom. The minimum Gasteiger partial charge on any atom is -0.315 e. The van der Waals surface area contributed by atoms with Crippen molar-refractivity contribution in [2.45, 2.75) is 19.8 Å². The predicted molar refractivity (Wildman–Crippen MR) is 51.7 cm³/mol. The van der Waals surface area contributed by atoms with Crippen LogP contribution < -0.4 is 5.32 Å². The molecule has 1 heterocycles. The molecule has 1 saturated heterocycles. The van der Waals surface area contributed by atoms with E-state index >= 15 is 0 Å². The van der Waals surface area contributed by atoms with Crippen LogP contribution >= 0.6 is 12.4 Å². The maximum Gasteiger partial charge on any atom is 0.229 e. The van der Waals surface area contributed by atoms with Gasteiger partial charge in [-0.15, -0.1) is 12.4 Å². The molecule has 13 heavy (non-hydrogen) atoms. The summed E-state index contributed by atoms with van der Waals surface area (Å²) in [5, 5.41) is 3.07. The number of carbonyl (C=O) groups excluding carboxylic acids is 2. The van der Waals surface area contributed by atoms with Gasteiger partial charge < -0.3 is 5.32 Å². The predicted octanol–water partition coefficient (Wildman–Crippen LogP) is 0.167. The van der Waals surface area contributed by atoms with Crippen molar-refractivity contribution in [3.8, 4) is 0 Å². The van der Waals surface area contributed by atoms with Crippen LogP contribution in [0.2, 0.25) is 0 Å². The molecular formula is C8H15ClN2O2. The first-order valence-electron chi connectivity index (χ1n) is 4.29. The van der Waals surface area contributed by atoms with E-state index in [1.807, 2.05) is 6.92 Å². The topological polar surface area (TPSA) is 49.4 Å². The Bertz CT molecular complexity index is 181. The van der Waals surface area contributed by atoms with E-state index in [0.717, 1.165) is 6.54 Å². The smallest absolute Gasteiger partial charge is 0.229 e. The Balaban J connectivity index is 0.00000144. The van der Waals surface area contributed by atoms with E-state index in [0.29, 0.717) is 25.9 Å². The molecule has 1 rings (SSSR count). The minimum absolute atomic E-state index is 0. The lowest BCUT2D eigenvalue weighted by atomic mass is 10.4. The van der Waals surface area contributed by atoms with E-state index in [9.17, 15) is 9.59 Å². The van der Waals surface area contributed by atoms with Crippen molar-refractivity contribution in [1.82, 2.24) is 10.2 Å². The SMILES string of the molecule is CCNCCN1C(=O)CCC1=O.Cl. The van der Waals surface area contributed by atoms with Crippen LogP contribution in [0.4, 0.5) is 0 Å². The molecule has 0 radical (unpaired) electrons. The second-order valence-corrected chi connectivity index (χ2v) is 2.79. The fraction of sp³-hybridized carbons (Fsp3) is 0.750. The third-order valence-corrected chi connectivity index (χ3v) is 1.92. The van der Waals surface area contributed by atoms with E-state index in [1.54, 1.807) is 0 Å². The third-order valence-electron chi connectivity index (χ3n) is 1.92. The molecule has 0 aromatic rings. The highest BCUT2D eigenvalue weighted by Gasteiger charge is 2.27. The summed E-state index contributed by atoms with van der Waals surface area (Å²) in [6.45, 7) is 4.09. The van der Waals surface area contributed by atoms with Crippen LogP contribution in [0.25, 0.3) is 0 Å². The van der Waals surface area contributed by atoms with Gasteiger partial charge in [-0.1, -0.05) is 6.92 Å². The van der Waals surface area contributed by atoms with Crippen LogP contribution in [0, 0.1) is 0 Å². The second-order valence-electron chi connectivity index (χ2n) is 2.79. The molecule has 0 aliphatic carbocycles. The monoisotopic (exact) mass is 206 g/mol. The summed E-state index contributed by atoms with van der Waals surface area (Å²) in [5.74, 6) is -0.0594. The highest BCUT2D eigenvalue weighted by Crippen LogP contribution is 2.09. The Kier molecular flexibility index (Phi) is 5.66. The average molecular weight is 207 g/mol. The summed E-state index contributed by atoms with van der Waals surface area (Å²) in [5.41, 5.74) is 0. The van der Waals surface area contributed by atoms with E-state index < -0.39 is 0 Å². The number of hydrogen-bond donors (Lipinski definition) is 1. The van der Waals surface area contributed by atoms with Gasteiger partial charge in [0.25, 0.3) is 0 Å². The number of likely N-dealkylation sites (N-methyl/N-ethyl adjacent to an activating group) is 1. The molecule has 1 fully saturated rings. The molecule has 0 aromatic carbocycles. The second kappa shape index (κ2) is 5.94. The van der Waals surface area contributed by atoms with Crippen LogP contribution in [0.15, 0.2) is 0 Å². The first kappa shape index (κ1) is 12.4. The minimum atomic E-state index is -0.0297. The number of amides is 2. The van der Waals surface area contributed by atoms with Crippen LogP contribution in [-0.2, 0) is 9.59 Å². The van der Waals surface area contributed by atoms with Gasteiger partial charge in [0, 0.05) is 25.9 Å². The molecule has 2 amide bonds. The molecule has 4 nitrogen and oxygen atoms in total. The molecule has 0 bridgehead atoms. The largest absolute Gasteiger partial charge is 0.315 e. The molecule has 0 aromatic heterocycles. The molecule has 5 heteroatoms. The number of likely N-dealkylation sites (tertiary alicyclic amines) is 1. The average Bonchev–Trinajstić information content (AvgIpc) is 2.35. The van der Waals surface area contributed by atoms with Gasteiger partial charge in [-0.3, -0.25) is 14.5 Å². The summed E-state index contributed by atoms with van der Waals surface area (Å²) in [6, 6.07) is 0. The van der Waals surface area contributed by atoms with Crippen molar-refractivity contribution >= 4 is 24.2 Å². The van der Waals surface area contributed by atoms with Gasteiger partial charge in [0.1, 0.15) is 0 Å². The molecule has 1 aliphatic heterocycles. The molecule has 0 atom stereocenters. The van der Waals surface area contributed by atoms with Crippen molar-refractivity contribution in [2.75, 3.05) is 19.6 Å². The molecular weight excluding hydrogens is 192 g/mol.